The van der Waals surface area contributed by atoms with Crippen molar-refractivity contribution in [3.63, 3.8) is 0 Å². The van der Waals surface area contributed by atoms with Crippen LogP contribution < -0.4 is 19.0 Å². The van der Waals surface area contributed by atoms with Gasteiger partial charge in [0.2, 0.25) is 0 Å². The second-order valence-corrected chi connectivity index (χ2v) is 6.81. The first-order chi connectivity index (χ1) is 13.3. The van der Waals surface area contributed by atoms with Crippen LogP contribution in [0.25, 0.3) is 11.3 Å². The van der Waals surface area contributed by atoms with Crippen LogP contribution in [0.15, 0.2) is 65.5 Å². The summed E-state index contributed by atoms with van der Waals surface area (Å²) in [5, 5.41) is 2.11. The van der Waals surface area contributed by atoms with Gasteiger partial charge in [-0.25, -0.2) is 4.99 Å². The molecule has 2 aromatic carbocycles. The average Bonchev–Trinajstić information content (AvgIpc) is 3.10. The normalized spacial score (nSPS) is 13.0. The predicted molar refractivity (Wildman–Crippen MR) is 117 cm³/mol. The van der Waals surface area contributed by atoms with Gasteiger partial charge >= 0.3 is 0 Å². The molecular weight excluding hydrogens is 440 g/mol. The van der Waals surface area contributed by atoms with E-state index < -0.39 is 0 Å². The Morgan fingerprint density at radius 1 is 1.14 bits per heavy atom. The minimum absolute atomic E-state index is 0. The van der Waals surface area contributed by atoms with Gasteiger partial charge < -0.3 is 18.8 Å². The van der Waals surface area contributed by atoms with Gasteiger partial charge in [-0.05, 0) is 42.0 Å². The summed E-state index contributed by atoms with van der Waals surface area (Å²) in [6, 6.07) is 13.8. The first-order valence-corrected chi connectivity index (χ1v) is 9.54. The standard InChI is InChI=1S/C21H20N2O3S.BrH/c1-3-10-23-18(15-4-7-17(24-2)8-5-15)14-27-21(23)22-16-6-9-19-20(13-16)26-12-11-25-19;/h3-9,13-14H,1,10-12H2,2H3;1H. The highest BCUT2D eigenvalue weighted by molar-refractivity contribution is 8.93. The lowest BCUT2D eigenvalue weighted by atomic mass is 10.1. The number of fused-ring (bicyclic) bond motifs is 1. The molecule has 0 saturated carbocycles. The summed E-state index contributed by atoms with van der Waals surface area (Å²) < 4.78 is 18.6. The van der Waals surface area contributed by atoms with Crippen LogP contribution in [0.1, 0.15) is 0 Å². The van der Waals surface area contributed by atoms with Crippen molar-refractivity contribution in [2.75, 3.05) is 20.3 Å². The minimum Gasteiger partial charge on any atom is -0.497 e. The molecule has 146 valence electrons. The fourth-order valence-corrected chi connectivity index (χ4v) is 3.87. The van der Waals surface area contributed by atoms with Gasteiger partial charge in [-0.2, -0.15) is 0 Å². The number of halogens is 1. The van der Waals surface area contributed by atoms with Crippen LogP contribution in [-0.4, -0.2) is 24.9 Å². The summed E-state index contributed by atoms with van der Waals surface area (Å²) in [6.45, 7) is 5.71. The SMILES string of the molecule is Br.C=CCn1c(-c2ccc(OC)cc2)csc1=Nc1ccc2c(c1)OCCO2. The summed E-state index contributed by atoms with van der Waals surface area (Å²) >= 11 is 1.60. The van der Waals surface area contributed by atoms with Gasteiger partial charge in [-0.3, -0.25) is 0 Å². The molecule has 0 spiro atoms. The van der Waals surface area contributed by atoms with Crippen LogP contribution in [0.3, 0.4) is 0 Å². The molecule has 0 atom stereocenters. The average molecular weight is 461 g/mol. The second-order valence-electron chi connectivity index (χ2n) is 5.97. The molecular formula is C21H21BrN2O3S. The van der Waals surface area contributed by atoms with E-state index in [9.17, 15) is 0 Å². The lowest BCUT2D eigenvalue weighted by Crippen LogP contribution is -2.16. The van der Waals surface area contributed by atoms with E-state index in [0.29, 0.717) is 19.8 Å². The summed E-state index contributed by atoms with van der Waals surface area (Å²) in [5.74, 6) is 2.35. The van der Waals surface area contributed by atoms with Crippen molar-refractivity contribution in [3.8, 4) is 28.5 Å². The van der Waals surface area contributed by atoms with Gasteiger partial charge in [0.25, 0.3) is 0 Å². The van der Waals surface area contributed by atoms with Gasteiger partial charge in [0.05, 0.1) is 18.5 Å². The maximum Gasteiger partial charge on any atom is 0.190 e. The number of thiazole rings is 1. The molecule has 1 aliphatic rings. The highest BCUT2D eigenvalue weighted by Crippen LogP contribution is 2.33. The number of aromatic nitrogens is 1. The topological polar surface area (TPSA) is 45.0 Å². The highest BCUT2D eigenvalue weighted by atomic mass is 79.9. The Hall–Kier alpha value is -2.51. The van der Waals surface area contributed by atoms with Crippen LogP contribution in [0.4, 0.5) is 5.69 Å². The summed E-state index contributed by atoms with van der Waals surface area (Å²) in [5.41, 5.74) is 3.04. The second kappa shape index (κ2) is 9.12. The molecule has 0 unspecified atom stereocenters. The number of ether oxygens (including phenoxy) is 3. The molecule has 3 aromatic rings. The van der Waals surface area contributed by atoms with Crippen molar-refractivity contribution in [1.82, 2.24) is 4.57 Å². The Labute approximate surface area is 178 Å². The van der Waals surface area contributed by atoms with Crippen LogP contribution in [0.5, 0.6) is 17.2 Å². The number of nitrogens with zero attached hydrogens (tertiary/aromatic N) is 2. The highest BCUT2D eigenvalue weighted by Gasteiger charge is 2.12. The van der Waals surface area contributed by atoms with Crippen LogP contribution in [-0.2, 0) is 6.54 Å². The molecule has 0 radical (unpaired) electrons. The van der Waals surface area contributed by atoms with Crippen molar-refractivity contribution in [2.24, 2.45) is 4.99 Å². The Morgan fingerprint density at radius 3 is 2.61 bits per heavy atom. The van der Waals surface area contributed by atoms with Crippen LogP contribution >= 0.6 is 28.3 Å². The largest absolute Gasteiger partial charge is 0.497 e. The van der Waals surface area contributed by atoms with Gasteiger partial charge in [-0.15, -0.1) is 34.9 Å². The van der Waals surface area contributed by atoms with E-state index in [-0.39, 0.29) is 17.0 Å². The summed E-state index contributed by atoms with van der Waals surface area (Å²) in [6.07, 6.45) is 1.88. The lowest BCUT2D eigenvalue weighted by Gasteiger charge is -2.18. The monoisotopic (exact) mass is 460 g/mol. The zero-order chi connectivity index (χ0) is 18.6. The van der Waals surface area contributed by atoms with Crippen molar-refractivity contribution in [2.45, 2.75) is 6.54 Å². The molecule has 0 saturated heterocycles. The van der Waals surface area contributed by atoms with E-state index in [1.54, 1.807) is 18.4 Å². The Balaban J connectivity index is 0.00000225. The minimum atomic E-state index is 0. The lowest BCUT2D eigenvalue weighted by molar-refractivity contribution is 0.171. The molecule has 0 N–H and O–H groups in total. The molecule has 4 rings (SSSR count). The van der Waals surface area contributed by atoms with E-state index in [4.69, 9.17) is 19.2 Å². The zero-order valence-electron chi connectivity index (χ0n) is 15.5. The molecule has 0 aliphatic carbocycles. The molecule has 1 aromatic heterocycles. The first kappa shape index (κ1) is 20.2. The number of hydrogen-bond acceptors (Lipinski definition) is 5. The maximum atomic E-state index is 5.66. The molecule has 0 bridgehead atoms. The van der Waals surface area contributed by atoms with E-state index in [2.05, 4.69) is 16.5 Å². The van der Waals surface area contributed by atoms with E-state index in [1.807, 2.05) is 48.5 Å². The van der Waals surface area contributed by atoms with Crippen LogP contribution in [0, 0.1) is 0 Å². The number of allylic oxidation sites excluding steroid dienone is 1. The van der Waals surface area contributed by atoms with E-state index in [0.717, 1.165) is 39.0 Å². The number of hydrogen-bond donors (Lipinski definition) is 0. The Morgan fingerprint density at radius 2 is 1.89 bits per heavy atom. The Kier molecular flexibility index (Phi) is 6.59. The maximum absolute atomic E-state index is 5.66. The first-order valence-electron chi connectivity index (χ1n) is 8.66. The number of rotatable bonds is 5. The van der Waals surface area contributed by atoms with Crippen molar-refractivity contribution in [1.29, 1.82) is 0 Å². The molecule has 0 fully saturated rings. The third-order valence-corrected chi connectivity index (χ3v) is 5.11. The van der Waals surface area contributed by atoms with E-state index in [1.165, 1.54) is 0 Å². The fourth-order valence-electron chi connectivity index (χ4n) is 2.93. The van der Waals surface area contributed by atoms with Crippen molar-refractivity contribution in [3.05, 3.63) is 65.3 Å². The van der Waals surface area contributed by atoms with Crippen molar-refractivity contribution < 1.29 is 14.2 Å². The molecule has 7 heteroatoms. The van der Waals surface area contributed by atoms with Gasteiger partial charge in [0.15, 0.2) is 16.3 Å². The van der Waals surface area contributed by atoms with Gasteiger partial charge in [0.1, 0.15) is 19.0 Å². The molecule has 28 heavy (non-hydrogen) atoms. The van der Waals surface area contributed by atoms with Gasteiger partial charge in [0, 0.05) is 18.0 Å². The third kappa shape index (κ3) is 4.15. The van der Waals surface area contributed by atoms with Crippen LogP contribution in [0.2, 0.25) is 0 Å². The number of benzene rings is 2. The zero-order valence-corrected chi connectivity index (χ0v) is 18.0. The van der Waals surface area contributed by atoms with Gasteiger partial charge in [-0.1, -0.05) is 6.08 Å². The van der Waals surface area contributed by atoms with E-state index >= 15 is 0 Å². The smallest absolute Gasteiger partial charge is 0.190 e. The Bertz CT molecular complexity index is 1020. The quantitative estimate of drug-likeness (QED) is 0.503. The predicted octanol–water partition coefficient (Wildman–Crippen LogP) is 4.99. The molecule has 0 amide bonds. The molecule has 5 nitrogen and oxygen atoms in total. The summed E-state index contributed by atoms with van der Waals surface area (Å²) in [4.78, 5) is 5.72. The molecule has 1 aliphatic heterocycles. The molecule has 2 heterocycles. The van der Waals surface area contributed by atoms with Crippen molar-refractivity contribution >= 4 is 34.0 Å². The fraction of sp³-hybridized carbons (Fsp3) is 0.190. The third-order valence-electron chi connectivity index (χ3n) is 4.25. The number of methoxy groups -OCH3 is 1. The summed E-state index contributed by atoms with van der Waals surface area (Å²) in [7, 11) is 1.67.